The fourth-order valence-corrected chi connectivity index (χ4v) is 3.89. The Labute approximate surface area is 139 Å². The van der Waals surface area contributed by atoms with Gasteiger partial charge in [-0.25, -0.2) is 8.42 Å². The lowest BCUT2D eigenvalue weighted by Crippen LogP contribution is -2.44. The van der Waals surface area contributed by atoms with E-state index < -0.39 is 22.0 Å². The number of pyridine rings is 1. The van der Waals surface area contributed by atoms with Crippen LogP contribution in [0.15, 0.2) is 35.4 Å². The normalized spacial score (nSPS) is 14.6. The minimum absolute atomic E-state index is 0.0907. The highest BCUT2D eigenvalue weighted by Gasteiger charge is 2.30. The fraction of sp³-hybridized carbons (Fsp3) is 0.333. The highest BCUT2D eigenvalue weighted by molar-refractivity contribution is 7.89. The van der Waals surface area contributed by atoms with E-state index in [1.807, 2.05) is 0 Å². The van der Waals surface area contributed by atoms with Gasteiger partial charge in [-0.2, -0.15) is 4.72 Å². The van der Waals surface area contributed by atoms with Crippen molar-refractivity contribution < 1.29 is 18.3 Å². The Morgan fingerprint density at radius 2 is 2.09 bits per heavy atom. The number of carboxylic acid groups (broad SMARTS) is 1. The third-order valence-corrected chi connectivity index (χ3v) is 5.53. The average molecular weight is 357 g/mol. The van der Waals surface area contributed by atoms with Crippen LogP contribution < -0.4 is 4.72 Å². The van der Waals surface area contributed by atoms with Crippen molar-refractivity contribution in [2.45, 2.75) is 31.2 Å². The minimum atomic E-state index is -4.05. The number of aromatic nitrogens is 1. The molecule has 23 heavy (non-hydrogen) atoms. The van der Waals surface area contributed by atoms with Gasteiger partial charge in [0, 0.05) is 11.6 Å². The summed E-state index contributed by atoms with van der Waals surface area (Å²) in [5, 5.41) is 10.2. The molecule has 0 fully saturated rings. The molecule has 0 saturated carbocycles. The Bertz CT molecular complexity index is 838. The highest BCUT2D eigenvalue weighted by atomic mass is 35.5. The van der Waals surface area contributed by atoms with E-state index in [0.29, 0.717) is 16.8 Å². The summed E-state index contributed by atoms with van der Waals surface area (Å²) in [6, 6.07) is 4.94. The zero-order chi connectivity index (χ0) is 17.2. The maximum Gasteiger partial charge on any atom is 0.322 e. The molecule has 2 atom stereocenters. The number of nitrogens with zero attached hydrogens (tertiary/aromatic N) is 1. The Morgan fingerprint density at radius 1 is 1.39 bits per heavy atom. The zero-order valence-electron chi connectivity index (χ0n) is 12.7. The summed E-state index contributed by atoms with van der Waals surface area (Å²) in [4.78, 5) is 15.3. The topological polar surface area (TPSA) is 96.4 Å². The van der Waals surface area contributed by atoms with Crippen molar-refractivity contribution in [2.75, 3.05) is 0 Å². The summed E-state index contributed by atoms with van der Waals surface area (Å²) in [7, 11) is -4.05. The van der Waals surface area contributed by atoms with E-state index in [0.717, 1.165) is 0 Å². The number of carbonyl (C=O) groups is 1. The number of hydrogen-bond donors (Lipinski definition) is 2. The third-order valence-electron chi connectivity index (χ3n) is 3.73. The van der Waals surface area contributed by atoms with Crippen LogP contribution in [0.2, 0.25) is 5.02 Å². The van der Waals surface area contributed by atoms with E-state index >= 15 is 0 Å². The van der Waals surface area contributed by atoms with Gasteiger partial charge in [0.25, 0.3) is 0 Å². The Morgan fingerprint density at radius 3 is 2.70 bits per heavy atom. The number of sulfonamides is 1. The van der Waals surface area contributed by atoms with Gasteiger partial charge in [0.1, 0.15) is 10.9 Å². The predicted molar refractivity (Wildman–Crippen MR) is 88.0 cm³/mol. The molecule has 0 saturated heterocycles. The standard InChI is InChI=1S/C15H17ClN2O4S/c1-3-9(2)13(15(19)20)18-23(21,22)12-6-4-5-10-11(16)7-8-17-14(10)12/h4-9,13,18H,3H2,1-2H3,(H,19,20)/t9-,13-/m0/s1. The first-order chi connectivity index (χ1) is 10.8. The molecule has 2 aromatic rings. The number of hydrogen-bond acceptors (Lipinski definition) is 4. The van der Waals surface area contributed by atoms with Gasteiger partial charge in [0.05, 0.1) is 10.5 Å². The van der Waals surface area contributed by atoms with Gasteiger partial charge in [0.2, 0.25) is 10.0 Å². The van der Waals surface area contributed by atoms with Crippen molar-refractivity contribution >= 4 is 38.5 Å². The Hall–Kier alpha value is -1.70. The summed E-state index contributed by atoms with van der Waals surface area (Å²) in [5.74, 6) is -1.57. The molecular weight excluding hydrogens is 340 g/mol. The number of rotatable bonds is 6. The maximum atomic E-state index is 12.6. The predicted octanol–water partition coefficient (Wildman–Crippen LogP) is 2.67. The fourth-order valence-electron chi connectivity index (χ4n) is 2.21. The molecule has 1 aromatic heterocycles. The van der Waals surface area contributed by atoms with Crippen LogP contribution in [0.1, 0.15) is 20.3 Å². The molecule has 6 nitrogen and oxygen atoms in total. The second kappa shape index (κ2) is 6.82. The van der Waals surface area contributed by atoms with E-state index in [1.54, 1.807) is 32.0 Å². The van der Waals surface area contributed by atoms with Crippen molar-refractivity contribution in [2.24, 2.45) is 5.92 Å². The number of halogens is 1. The third kappa shape index (κ3) is 3.63. The molecule has 0 amide bonds. The van der Waals surface area contributed by atoms with Crippen molar-refractivity contribution in [3.05, 3.63) is 35.5 Å². The van der Waals surface area contributed by atoms with E-state index in [9.17, 15) is 18.3 Å². The lowest BCUT2D eigenvalue weighted by atomic mass is 10.0. The second-order valence-electron chi connectivity index (χ2n) is 5.27. The maximum absolute atomic E-state index is 12.6. The molecule has 0 spiro atoms. The van der Waals surface area contributed by atoms with Gasteiger partial charge < -0.3 is 5.11 Å². The first-order valence-corrected chi connectivity index (χ1v) is 8.92. The monoisotopic (exact) mass is 356 g/mol. The first kappa shape index (κ1) is 17.7. The molecule has 0 aliphatic carbocycles. The quantitative estimate of drug-likeness (QED) is 0.829. The van der Waals surface area contributed by atoms with Gasteiger partial charge in [-0.1, -0.05) is 44.0 Å². The molecule has 0 radical (unpaired) electrons. The SMILES string of the molecule is CC[C@H](C)[C@H](NS(=O)(=O)c1cccc2c(Cl)ccnc12)C(=O)O. The Balaban J connectivity index is 2.52. The van der Waals surface area contributed by atoms with E-state index in [1.165, 1.54) is 12.3 Å². The molecule has 8 heteroatoms. The van der Waals surface area contributed by atoms with E-state index in [2.05, 4.69) is 9.71 Å². The molecule has 2 rings (SSSR count). The summed E-state index contributed by atoms with van der Waals surface area (Å²) in [5.41, 5.74) is 0.209. The number of carboxylic acids is 1. The summed E-state index contributed by atoms with van der Waals surface area (Å²) >= 11 is 6.06. The Kier molecular flexibility index (Phi) is 5.23. The second-order valence-corrected chi connectivity index (χ2v) is 7.36. The lowest BCUT2D eigenvalue weighted by molar-refractivity contribution is -0.140. The van der Waals surface area contributed by atoms with Crippen LogP contribution in [0.4, 0.5) is 0 Å². The van der Waals surface area contributed by atoms with Gasteiger partial charge in [-0.15, -0.1) is 0 Å². The molecule has 1 aromatic carbocycles. The van der Waals surface area contributed by atoms with Crippen LogP contribution in [0.3, 0.4) is 0 Å². The summed E-state index contributed by atoms with van der Waals surface area (Å²) in [6.07, 6.45) is 1.94. The van der Waals surface area contributed by atoms with Crippen molar-refractivity contribution in [1.29, 1.82) is 0 Å². The van der Waals surface area contributed by atoms with Crippen LogP contribution in [0.25, 0.3) is 10.9 Å². The average Bonchev–Trinajstić information content (AvgIpc) is 2.51. The van der Waals surface area contributed by atoms with E-state index in [4.69, 9.17) is 11.6 Å². The number of para-hydroxylation sites is 1. The minimum Gasteiger partial charge on any atom is -0.480 e. The van der Waals surface area contributed by atoms with E-state index in [-0.39, 0.29) is 16.3 Å². The summed E-state index contributed by atoms with van der Waals surface area (Å²) < 4.78 is 27.5. The van der Waals surface area contributed by atoms with Crippen LogP contribution >= 0.6 is 11.6 Å². The smallest absolute Gasteiger partial charge is 0.322 e. The van der Waals surface area contributed by atoms with Gasteiger partial charge >= 0.3 is 5.97 Å². The highest BCUT2D eigenvalue weighted by Crippen LogP contribution is 2.27. The van der Waals surface area contributed by atoms with Crippen LogP contribution in [0.5, 0.6) is 0 Å². The lowest BCUT2D eigenvalue weighted by Gasteiger charge is -2.20. The van der Waals surface area contributed by atoms with Crippen LogP contribution in [-0.2, 0) is 14.8 Å². The van der Waals surface area contributed by atoms with Gasteiger partial charge in [-0.05, 0) is 18.1 Å². The zero-order valence-corrected chi connectivity index (χ0v) is 14.2. The number of fused-ring (bicyclic) bond motifs is 1. The number of benzene rings is 1. The van der Waals surface area contributed by atoms with Gasteiger partial charge in [-0.3, -0.25) is 9.78 Å². The molecule has 0 aliphatic rings. The largest absolute Gasteiger partial charge is 0.480 e. The molecule has 0 unspecified atom stereocenters. The van der Waals surface area contributed by atoms with Crippen LogP contribution in [-0.4, -0.2) is 30.5 Å². The summed E-state index contributed by atoms with van der Waals surface area (Å²) in [6.45, 7) is 3.48. The molecular formula is C15H17ClN2O4S. The van der Waals surface area contributed by atoms with Crippen molar-refractivity contribution in [1.82, 2.24) is 9.71 Å². The number of nitrogens with one attached hydrogen (secondary N) is 1. The van der Waals surface area contributed by atoms with Crippen LogP contribution in [0, 0.1) is 5.92 Å². The molecule has 2 N–H and O–H groups in total. The van der Waals surface area contributed by atoms with Crippen molar-refractivity contribution in [3.8, 4) is 0 Å². The first-order valence-electron chi connectivity index (χ1n) is 7.06. The molecule has 0 aliphatic heterocycles. The molecule has 0 bridgehead atoms. The molecule has 124 valence electrons. The molecule has 1 heterocycles. The van der Waals surface area contributed by atoms with Crippen molar-refractivity contribution in [3.63, 3.8) is 0 Å². The number of aliphatic carboxylic acids is 1. The van der Waals surface area contributed by atoms with Gasteiger partial charge in [0.15, 0.2) is 0 Å².